The number of unbranched alkanes of at least 4 members (excludes halogenated alkanes) is 1. The first-order valence-electron chi connectivity index (χ1n) is 15.3. The summed E-state index contributed by atoms with van der Waals surface area (Å²) in [7, 11) is 1.79. The van der Waals surface area contributed by atoms with E-state index >= 15 is 0 Å². The van der Waals surface area contributed by atoms with Gasteiger partial charge in [0.15, 0.2) is 0 Å². The number of aliphatic hydroxyl groups excluding tert-OH is 1. The van der Waals surface area contributed by atoms with Crippen molar-refractivity contribution >= 4 is 23.3 Å². The third-order valence-electron chi connectivity index (χ3n) is 8.14. The van der Waals surface area contributed by atoms with Crippen LogP contribution in [0.25, 0.3) is 0 Å². The molecule has 0 saturated heterocycles. The van der Waals surface area contributed by atoms with Gasteiger partial charge < -0.3 is 21.6 Å². The molecular weight excluding hydrogens is 538 g/mol. The molecule has 0 saturated carbocycles. The number of benzene rings is 3. The number of nitrogens with zero attached hydrogens (tertiary/aromatic N) is 2. The largest absolute Gasteiger partial charge is 0.513 e. The fourth-order valence-electron chi connectivity index (χ4n) is 5.81. The Labute approximate surface area is 257 Å². The average molecular weight is 588 g/mol. The van der Waals surface area contributed by atoms with Crippen LogP contribution in [0.4, 0.5) is 11.4 Å². The van der Waals surface area contributed by atoms with Crippen molar-refractivity contribution < 1.29 is 5.11 Å². The van der Waals surface area contributed by atoms with Gasteiger partial charge >= 0.3 is 0 Å². The number of anilines is 2. The highest BCUT2D eigenvalue weighted by molar-refractivity contribution is 7.97. The van der Waals surface area contributed by atoms with Crippen LogP contribution in [0.5, 0.6) is 0 Å². The molecule has 226 valence electrons. The van der Waals surface area contributed by atoms with Crippen LogP contribution < -0.4 is 22.3 Å². The van der Waals surface area contributed by atoms with Crippen LogP contribution in [0, 0.1) is 12.8 Å². The van der Waals surface area contributed by atoms with Crippen LogP contribution in [0.3, 0.4) is 0 Å². The van der Waals surface area contributed by atoms with Gasteiger partial charge in [0, 0.05) is 37.4 Å². The van der Waals surface area contributed by atoms with Crippen molar-refractivity contribution in [1.29, 1.82) is 0 Å². The molecule has 6 nitrogen and oxygen atoms in total. The summed E-state index contributed by atoms with van der Waals surface area (Å²) in [6.07, 6.45) is 7.48. The van der Waals surface area contributed by atoms with Crippen molar-refractivity contribution in [2.75, 3.05) is 30.9 Å². The van der Waals surface area contributed by atoms with Crippen molar-refractivity contribution in [3.8, 4) is 0 Å². The summed E-state index contributed by atoms with van der Waals surface area (Å²) in [5, 5.41) is 12.4. The lowest BCUT2D eigenvalue weighted by molar-refractivity contribution is 0.377. The first kappa shape index (κ1) is 32.0. The van der Waals surface area contributed by atoms with E-state index in [4.69, 9.17) is 17.3 Å². The van der Waals surface area contributed by atoms with E-state index < -0.39 is 0 Å². The number of aliphatic hydroxyl groups is 1. The molecule has 7 N–H and O–H groups in total. The minimum Gasteiger partial charge on any atom is -0.513 e. The van der Waals surface area contributed by atoms with E-state index in [1.807, 2.05) is 30.2 Å². The molecule has 7 heteroatoms. The Morgan fingerprint density at radius 3 is 2.62 bits per heavy atom. The molecule has 0 fully saturated rings. The number of aryl methyl sites for hydroxylation is 2. The minimum atomic E-state index is -0.0275. The molecule has 1 aliphatic heterocycles. The van der Waals surface area contributed by atoms with Gasteiger partial charge in [0.1, 0.15) is 0 Å². The minimum absolute atomic E-state index is 0.0275. The monoisotopic (exact) mass is 587 g/mol. The number of nitrogen functional groups attached to an aromatic ring is 1. The van der Waals surface area contributed by atoms with Crippen LogP contribution in [-0.4, -0.2) is 29.5 Å². The van der Waals surface area contributed by atoms with Gasteiger partial charge in [-0.2, -0.15) is 0 Å². The van der Waals surface area contributed by atoms with Crippen molar-refractivity contribution in [2.24, 2.45) is 17.5 Å². The smallest absolute Gasteiger partial charge is 0.0892 e. The molecule has 1 heterocycles. The van der Waals surface area contributed by atoms with E-state index in [-0.39, 0.29) is 5.92 Å². The second-order valence-electron chi connectivity index (χ2n) is 11.9. The Morgan fingerprint density at radius 1 is 1.14 bits per heavy atom. The molecule has 42 heavy (non-hydrogen) atoms. The second kappa shape index (κ2) is 15.0. The SMILES string of the molecule is CCC/C=C(\O)CC(c1ccc(N(C)N)c(N)c1)c1ccc(C)c(CN2CC(C)Cc3cc(CCCN)ccc3S2)c1. The molecule has 0 aliphatic carbocycles. The molecular formula is C35H49N5OS. The van der Waals surface area contributed by atoms with E-state index in [9.17, 15) is 5.11 Å². The summed E-state index contributed by atoms with van der Waals surface area (Å²) in [5.74, 6) is 6.93. The fourth-order valence-corrected chi connectivity index (χ4v) is 7.01. The molecule has 2 unspecified atom stereocenters. The van der Waals surface area contributed by atoms with Gasteiger partial charge in [-0.1, -0.05) is 56.7 Å². The van der Waals surface area contributed by atoms with Crippen LogP contribution in [-0.2, 0) is 19.4 Å². The van der Waals surface area contributed by atoms with Crippen molar-refractivity contribution in [1.82, 2.24) is 4.31 Å². The Kier molecular flexibility index (Phi) is 11.4. The maximum absolute atomic E-state index is 10.9. The summed E-state index contributed by atoms with van der Waals surface area (Å²) < 4.78 is 2.51. The zero-order valence-electron chi connectivity index (χ0n) is 25.8. The number of nitrogens with two attached hydrogens (primary N) is 3. The van der Waals surface area contributed by atoms with Crippen LogP contribution in [0.2, 0.25) is 0 Å². The Balaban J connectivity index is 1.63. The zero-order valence-corrected chi connectivity index (χ0v) is 26.6. The highest BCUT2D eigenvalue weighted by atomic mass is 32.2. The summed E-state index contributed by atoms with van der Waals surface area (Å²) in [5.41, 5.74) is 21.3. The van der Waals surface area contributed by atoms with E-state index in [0.29, 0.717) is 23.8 Å². The lowest BCUT2D eigenvalue weighted by atomic mass is 9.85. The second-order valence-corrected chi connectivity index (χ2v) is 13.1. The van der Waals surface area contributed by atoms with Gasteiger partial charge in [0.25, 0.3) is 0 Å². The van der Waals surface area contributed by atoms with Crippen molar-refractivity contribution in [3.63, 3.8) is 0 Å². The third kappa shape index (κ3) is 8.32. The number of rotatable bonds is 12. The van der Waals surface area contributed by atoms with Crippen molar-refractivity contribution in [3.05, 3.63) is 99.8 Å². The van der Waals surface area contributed by atoms with Gasteiger partial charge in [-0.3, -0.25) is 0 Å². The first-order chi connectivity index (χ1) is 20.2. The predicted octanol–water partition coefficient (Wildman–Crippen LogP) is 7.24. The zero-order chi connectivity index (χ0) is 30.2. The van der Waals surface area contributed by atoms with Gasteiger partial charge in [-0.25, -0.2) is 10.1 Å². The van der Waals surface area contributed by atoms with Crippen LogP contribution in [0.15, 0.2) is 71.3 Å². The number of hydrogen-bond donors (Lipinski definition) is 4. The third-order valence-corrected chi connectivity index (χ3v) is 9.28. The lowest BCUT2D eigenvalue weighted by Gasteiger charge is -2.25. The van der Waals surface area contributed by atoms with Gasteiger partial charge in [-0.05, 0) is 115 Å². The van der Waals surface area contributed by atoms with E-state index in [1.54, 1.807) is 7.05 Å². The molecule has 0 aromatic heterocycles. The molecule has 4 rings (SSSR count). The lowest BCUT2D eigenvalue weighted by Crippen LogP contribution is -2.26. The molecule has 1 aliphatic rings. The van der Waals surface area contributed by atoms with E-state index in [0.717, 1.165) is 63.0 Å². The average Bonchev–Trinajstić information content (AvgIpc) is 3.11. The Hall–Kier alpha value is -2.97. The quantitative estimate of drug-likeness (QED) is 0.0582. The summed E-state index contributed by atoms with van der Waals surface area (Å²) in [6.45, 7) is 9.28. The number of hydrogen-bond acceptors (Lipinski definition) is 7. The van der Waals surface area contributed by atoms with Gasteiger partial charge in [0.05, 0.1) is 17.1 Å². The van der Waals surface area contributed by atoms with E-state index in [1.165, 1.54) is 37.7 Å². The Bertz CT molecular complexity index is 1370. The highest BCUT2D eigenvalue weighted by Gasteiger charge is 2.23. The van der Waals surface area contributed by atoms with Crippen LogP contribution in [0.1, 0.15) is 78.8 Å². The predicted molar refractivity (Wildman–Crippen MR) is 180 cm³/mol. The molecule has 0 radical (unpaired) electrons. The summed E-state index contributed by atoms with van der Waals surface area (Å²) in [6, 6.07) is 19.8. The molecule has 3 aromatic rings. The molecule has 0 spiro atoms. The number of hydrazine groups is 1. The molecule has 0 bridgehead atoms. The maximum atomic E-state index is 10.9. The number of allylic oxidation sites excluding steroid dienone is 2. The van der Waals surface area contributed by atoms with Gasteiger partial charge in [0.2, 0.25) is 0 Å². The maximum Gasteiger partial charge on any atom is 0.0892 e. The number of fused-ring (bicyclic) bond motifs is 1. The normalized spacial score (nSPS) is 16.6. The molecule has 3 aromatic carbocycles. The molecule has 0 amide bonds. The van der Waals surface area contributed by atoms with Gasteiger partial charge in [-0.15, -0.1) is 0 Å². The van der Waals surface area contributed by atoms with Crippen molar-refractivity contribution in [2.45, 2.75) is 76.7 Å². The van der Waals surface area contributed by atoms with E-state index in [2.05, 4.69) is 67.5 Å². The highest BCUT2D eigenvalue weighted by Crippen LogP contribution is 2.38. The Morgan fingerprint density at radius 2 is 1.90 bits per heavy atom. The molecule has 2 atom stereocenters. The standard InChI is InChI=1S/C35H49N5OS/c1-5-6-9-31(41)21-32(28-13-14-34(39(4)38)33(37)20-28)27-12-10-25(3)30(19-27)23-40-22-24(2)17-29-18-26(8-7-16-36)11-15-35(29)42-40/h9-15,18-20,24,32,41H,5-8,16-17,21-23,36-38H2,1-4H3/b31-9-. The first-order valence-corrected chi connectivity index (χ1v) is 16.1. The topological polar surface area (TPSA) is 105 Å². The summed E-state index contributed by atoms with van der Waals surface area (Å²) >= 11 is 1.88. The van der Waals surface area contributed by atoms with Crippen LogP contribution >= 0.6 is 11.9 Å². The summed E-state index contributed by atoms with van der Waals surface area (Å²) in [4.78, 5) is 1.36. The fraction of sp³-hybridized carbons (Fsp3) is 0.429.